The first-order valence-electron chi connectivity index (χ1n) is 7.31. The summed E-state index contributed by atoms with van der Waals surface area (Å²) in [5.41, 5.74) is 0.203. The number of ketones is 1. The molecule has 2 nitrogen and oxygen atoms in total. The highest BCUT2D eigenvalue weighted by atomic mass is 19.3. The van der Waals surface area contributed by atoms with Gasteiger partial charge >= 0.3 is 12.5 Å². The number of ether oxygens (including phenoxy) is 1. The van der Waals surface area contributed by atoms with Crippen molar-refractivity contribution in [2.75, 3.05) is 0 Å². The van der Waals surface area contributed by atoms with Crippen LogP contribution in [0.4, 0.5) is 17.6 Å². The van der Waals surface area contributed by atoms with Gasteiger partial charge in [0.2, 0.25) is 0 Å². The maximum absolute atomic E-state index is 12.9. The Labute approximate surface area is 127 Å². The maximum atomic E-state index is 12.9. The standard InChI is InChI=1S/C16H20F4O2/c1-3-6-11(7-4-2)14(21)12-8-5-9-13(10-12)22-16(19,20)15(17)18/h5,8-11,15H,3-4,6-7H2,1-2H3. The van der Waals surface area contributed by atoms with Crippen molar-refractivity contribution in [2.24, 2.45) is 5.92 Å². The number of carbonyl (C=O) groups is 1. The summed E-state index contributed by atoms with van der Waals surface area (Å²) in [5.74, 6) is -0.807. The zero-order valence-electron chi connectivity index (χ0n) is 12.6. The van der Waals surface area contributed by atoms with Crippen molar-refractivity contribution in [3.8, 4) is 5.75 Å². The second kappa shape index (κ2) is 8.15. The van der Waals surface area contributed by atoms with Gasteiger partial charge in [-0.05, 0) is 25.0 Å². The van der Waals surface area contributed by atoms with Crippen LogP contribution in [0.1, 0.15) is 49.9 Å². The van der Waals surface area contributed by atoms with Crippen molar-refractivity contribution in [1.82, 2.24) is 0 Å². The van der Waals surface area contributed by atoms with E-state index in [0.717, 1.165) is 25.0 Å². The van der Waals surface area contributed by atoms with Crippen LogP contribution >= 0.6 is 0 Å². The Morgan fingerprint density at radius 1 is 1.18 bits per heavy atom. The molecule has 0 aliphatic rings. The van der Waals surface area contributed by atoms with Crippen molar-refractivity contribution >= 4 is 5.78 Å². The van der Waals surface area contributed by atoms with E-state index in [9.17, 15) is 22.4 Å². The average Bonchev–Trinajstić information content (AvgIpc) is 2.46. The summed E-state index contributed by atoms with van der Waals surface area (Å²) in [6.07, 6.45) is -5.45. The van der Waals surface area contributed by atoms with Crippen LogP contribution in [0.25, 0.3) is 0 Å². The number of rotatable bonds is 9. The van der Waals surface area contributed by atoms with Crippen LogP contribution in [0, 0.1) is 5.92 Å². The minimum absolute atomic E-state index is 0.172. The number of hydrogen-bond donors (Lipinski definition) is 0. The van der Waals surface area contributed by atoms with E-state index in [2.05, 4.69) is 4.74 Å². The van der Waals surface area contributed by atoms with Gasteiger partial charge in [-0.15, -0.1) is 0 Å². The summed E-state index contributed by atoms with van der Waals surface area (Å²) in [7, 11) is 0. The molecule has 0 aliphatic carbocycles. The van der Waals surface area contributed by atoms with Crippen LogP contribution in [0.5, 0.6) is 5.75 Å². The Hall–Kier alpha value is -1.59. The molecule has 6 heteroatoms. The van der Waals surface area contributed by atoms with Gasteiger partial charge in [-0.1, -0.05) is 38.8 Å². The molecule has 0 unspecified atom stereocenters. The number of benzene rings is 1. The molecule has 0 radical (unpaired) electrons. The van der Waals surface area contributed by atoms with Crippen molar-refractivity contribution in [3.63, 3.8) is 0 Å². The predicted molar refractivity (Wildman–Crippen MR) is 75.7 cm³/mol. The smallest absolute Gasteiger partial charge is 0.428 e. The molecule has 1 aromatic rings. The second-order valence-corrected chi connectivity index (χ2v) is 5.13. The molecular formula is C16H20F4O2. The second-order valence-electron chi connectivity index (χ2n) is 5.13. The Balaban J connectivity index is 2.93. The molecule has 0 spiro atoms. The molecule has 22 heavy (non-hydrogen) atoms. The summed E-state index contributed by atoms with van der Waals surface area (Å²) in [5, 5.41) is 0. The summed E-state index contributed by atoms with van der Waals surface area (Å²) in [6.45, 7) is 3.91. The highest BCUT2D eigenvalue weighted by Gasteiger charge is 2.44. The van der Waals surface area contributed by atoms with Gasteiger partial charge in [0.1, 0.15) is 5.75 Å². The molecule has 1 aromatic carbocycles. The molecule has 0 saturated heterocycles. The normalized spacial score (nSPS) is 12.0. The molecule has 0 atom stereocenters. The van der Waals surface area contributed by atoms with Gasteiger partial charge in [0, 0.05) is 11.5 Å². The Kier molecular flexibility index (Phi) is 6.84. The van der Waals surface area contributed by atoms with E-state index in [-0.39, 0.29) is 17.3 Å². The van der Waals surface area contributed by atoms with Gasteiger partial charge in [-0.2, -0.15) is 17.6 Å². The van der Waals surface area contributed by atoms with E-state index >= 15 is 0 Å². The first-order chi connectivity index (χ1) is 10.3. The van der Waals surface area contributed by atoms with E-state index < -0.39 is 18.3 Å². The molecule has 0 fully saturated rings. The Morgan fingerprint density at radius 3 is 2.27 bits per heavy atom. The van der Waals surface area contributed by atoms with Gasteiger partial charge in [-0.3, -0.25) is 4.79 Å². The van der Waals surface area contributed by atoms with Crippen molar-refractivity contribution in [1.29, 1.82) is 0 Å². The number of hydrogen-bond acceptors (Lipinski definition) is 2. The number of alkyl halides is 4. The summed E-state index contributed by atoms with van der Waals surface area (Å²) in [4.78, 5) is 12.4. The minimum Gasteiger partial charge on any atom is -0.428 e. The van der Waals surface area contributed by atoms with Crippen LogP contribution in [0.15, 0.2) is 24.3 Å². The van der Waals surface area contributed by atoms with E-state index in [1.54, 1.807) is 0 Å². The molecule has 0 saturated carbocycles. The number of halogens is 4. The largest absolute Gasteiger partial charge is 0.461 e. The number of Topliss-reactive ketones (excluding diaryl/α,β-unsaturated/α-hetero) is 1. The van der Waals surface area contributed by atoms with Gasteiger partial charge in [0.15, 0.2) is 5.78 Å². The first-order valence-corrected chi connectivity index (χ1v) is 7.31. The fraction of sp³-hybridized carbons (Fsp3) is 0.562. The highest BCUT2D eigenvalue weighted by molar-refractivity contribution is 5.98. The zero-order chi connectivity index (χ0) is 16.8. The fourth-order valence-corrected chi connectivity index (χ4v) is 2.25. The molecule has 1 rings (SSSR count). The molecule has 0 aromatic heterocycles. The third-order valence-corrected chi connectivity index (χ3v) is 3.27. The van der Waals surface area contributed by atoms with Crippen LogP contribution < -0.4 is 4.74 Å². The minimum atomic E-state index is -4.58. The van der Waals surface area contributed by atoms with Crippen LogP contribution in [0.3, 0.4) is 0 Å². The quantitative estimate of drug-likeness (QED) is 0.454. The zero-order valence-corrected chi connectivity index (χ0v) is 12.6. The van der Waals surface area contributed by atoms with Crippen LogP contribution in [-0.2, 0) is 0 Å². The molecule has 0 heterocycles. The number of carbonyl (C=O) groups excluding carboxylic acids is 1. The molecule has 0 bridgehead atoms. The predicted octanol–water partition coefficient (Wildman–Crippen LogP) is 5.32. The fourth-order valence-electron chi connectivity index (χ4n) is 2.25. The van der Waals surface area contributed by atoms with E-state index in [1.807, 2.05) is 13.8 Å². The van der Waals surface area contributed by atoms with Crippen LogP contribution in [0.2, 0.25) is 0 Å². The van der Waals surface area contributed by atoms with E-state index in [1.165, 1.54) is 12.1 Å². The topological polar surface area (TPSA) is 26.3 Å². The van der Waals surface area contributed by atoms with Crippen LogP contribution in [-0.4, -0.2) is 18.3 Å². The van der Waals surface area contributed by atoms with Gasteiger partial charge in [-0.25, -0.2) is 0 Å². The van der Waals surface area contributed by atoms with Gasteiger partial charge in [0.05, 0.1) is 0 Å². The monoisotopic (exact) mass is 320 g/mol. The lowest BCUT2D eigenvalue weighted by Gasteiger charge is -2.18. The third kappa shape index (κ3) is 5.00. The van der Waals surface area contributed by atoms with Gasteiger partial charge in [0.25, 0.3) is 0 Å². The van der Waals surface area contributed by atoms with Gasteiger partial charge < -0.3 is 4.74 Å². The lowest BCUT2D eigenvalue weighted by Crippen LogP contribution is -2.33. The lowest BCUT2D eigenvalue weighted by atomic mass is 9.90. The van der Waals surface area contributed by atoms with Crippen molar-refractivity contribution < 1.29 is 27.1 Å². The summed E-state index contributed by atoms with van der Waals surface area (Å²) >= 11 is 0. The van der Waals surface area contributed by atoms with E-state index in [0.29, 0.717) is 12.8 Å². The Bertz CT molecular complexity index is 483. The Morgan fingerprint density at radius 2 is 1.77 bits per heavy atom. The molecule has 0 aliphatic heterocycles. The SMILES string of the molecule is CCCC(CCC)C(=O)c1cccc(OC(F)(F)C(F)F)c1. The third-order valence-electron chi connectivity index (χ3n) is 3.27. The summed E-state index contributed by atoms with van der Waals surface area (Å²) < 4.78 is 54.1. The average molecular weight is 320 g/mol. The van der Waals surface area contributed by atoms with Crippen molar-refractivity contribution in [2.45, 2.75) is 52.1 Å². The van der Waals surface area contributed by atoms with Crippen molar-refractivity contribution in [3.05, 3.63) is 29.8 Å². The highest BCUT2D eigenvalue weighted by Crippen LogP contribution is 2.29. The molecular weight excluding hydrogens is 300 g/mol. The summed E-state index contributed by atoms with van der Waals surface area (Å²) in [6, 6.07) is 5.05. The molecule has 0 N–H and O–H groups in total. The van der Waals surface area contributed by atoms with E-state index in [4.69, 9.17) is 0 Å². The lowest BCUT2D eigenvalue weighted by molar-refractivity contribution is -0.253. The molecule has 0 amide bonds. The molecule has 124 valence electrons. The first kappa shape index (κ1) is 18.5. The maximum Gasteiger partial charge on any atom is 0.461 e.